The second-order valence-corrected chi connectivity index (χ2v) is 10.6. The number of carbonyl (C=O) groups is 1. The number of ether oxygens (including phenoxy) is 4. The van der Waals surface area contributed by atoms with Gasteiger partial charge in [-0.15, -0.1) is 0 Å². The van der Waals surface area contributed by atoms with Gasteiger partial charge in [0.05, 0.1) is 0 Å². The van der Waals surface area contributed by atoms with Gasteiger partial charge in [0.15, 0.2) is 17.3 Å². The summed E-state index contributed by atoms with van der Waals surface area (Å²) in [4.78, 5) is 11.5. The first-order chi connectivity index (χ1) is 20.9. The number of rotatable bonds is 13. The molecule has 5 rings (SSSR count). The van der Waals surface area contributed by atoms with Crippen molar-refractivity contribution < 1.29 is 23.7 Å². The Balaban J connectivity index is 1.20. The minimum Gasteiger partial charge on any atom is -0.489 e. The minimum atomic E-state index is 0.0375. The average molecular weight is 573 g/mol. The van der Waals surface area contributed by atoms with Crippen molar-refractivity contribution in [3.05, 3.63) is 154 Å². The maximum Gasteiger partial charge on any atom is 0.162 e. The van der Waals surface area contributed by atoms with E-state index < -0.39 is 0 Å². The third kappa shape index (κ3) is 8.73. The van der Waals surface area contributed by atoms with Crippen LogP contribution < -0.4 is 18.9 Å². The van der Waals surface area contributed by atoms with Gasteiger partial charge in [-0.3, -0.25) is 4.79 Å². The molecule has 0 aromatic heterocycles. The predicted molar refractivity (Wildman–Crippen MR) is 169 cm³/mol. The molecule has 0 fully saturated rings. The van der Waals surface area contributed by atoms with Crippen molar-refractivity contribution in [1.29, 1.82) is 0 Å². The number of Topliss-reactive ketones (excluding diaryl/α,β-unsaturated/α-hetero) is 1. The van der Waals surface area contributed by atoms with Crippen molar-refractivity contribution in [2.24, 2.45) is 0 Å². The molecule has 0 unspecified atom stereocenters. The monoisotopic (exact) mass is 572 g/mol. The van der Waals surface area contributed by atoms with E-state index in [2.05, 4.69) is 62.4 Å². The molecule has 0 N–H and O–H groups in total. The molecule has 43 heavy (non-hydrogen) atoms. The van der Waals surface area contributed by atoms with E-state index in [4.69, 9.17) is 18.9 Å². The first-order valence-corrected chi connectivity index (χ1v) is 14.4. The second kappa shape index (κ2) is 14.2. The maximum atomic E-state index is 11.5. The average Bonchev–Trinajstić information content (AvgIpc) is 3.03. The van der Waals surface area contributed by atoms with E-state index >= 15 is 0 Å². The number of carbonyl (C=O) groups excluding carboxylic acids is 1. The van der Waals surface area contributed by atoms with Crippen LogP contribution in [0.1, 0.15) is 50.7 Å². The fourth-order valence-corrected chi connectivity index (χ4v) is 4.37. The van der Waals surface area contributed by atoms with Crippen LogP contribution >= 0.6 is 0 Å². The van der Waals surface area contributed by atoms with Crippen LogP contribution in [0.3, 0.4) is 0 Å². The summed E-state index contributed by atoms with van der Waals surface area (Å²) in [6.45, 7) is 7.40. The molecule has 0 aliphatic heterocycles. The summed E-state index contributed by atoms with van der Waals surface area (Å²) in [6, 6.07) is 37.6. The second-order valence-electron chi connectivity index (χ2n) is 10.6. The van der Waals surface area contributed by atoms with Crippen molar-refractivity contribution in [2.75, 3.05) is 0 Å². The van der Waals surface area contributed by atoms with Gasteiger partial charge in [0.2, 0.25) is 0 Å². The van der Waals surface area contributed by atoms with Gasteiger partial charge in [-0.05, 0) is 91.6 Å². The van der Waals surface area contributed by atoms with Gasteiger partial charge in [-0.25, -0.2) is 0 Å². The van der Waals surface area contributed by atoms with Gasteiger partial charge >= 0.3 is 0 Å². The molecular formula is C38H36O5. The molecule has 0 atom stereocenters. The van der Waals surface area contributed by atoms with Crippen LogP contribution in [-0.2, 0) is 26.4 Å². The Hall–Kier alpha value is -5.03. The number of aryl methyl sites for hydroxylation is 2. The number of hydrogen-bond donors (Lipinski definition) is 0. The Bertz CT molecular complexity index is 1620. The number of ketones is 1. The zero-order valence-corrected chi connectivity index (χ0v) is 24.8. The number of benzene rings is 5. The van der Waals surface area contributed by atoms with Gasteiger partial charge in [0, 0.05) is 5.56 Å². The molecule has 5 nitrogen and oxygen atoms in total. The first-order valence-electron chi connectivity index (χ1n) is 14.4. The zero-order valence-electron chi connectivity index (χ0n) is 24.8. The van der Waals surface area contributed by atoms with E-state index in [0.29, 0.717) is 43.5 Å². The standard InChI is InChI=1S/C38H36O5/c1-27-4-8-30(9-5-27)24-42-37-21-14-33(22-38(37)43-25-31-10-6-28(2)7-11-31)26-41-35-17-12-32(13-18-35)23-40-36-19-15-34(16-20-36)29(3)39/h4-22H,23-26H2,1-3H3. The Kier molecular flexibility index (Phi) is 9.75. The third-order valence-corrected chi connectivity index (χ3v) is 7.03. The maximum absolute atomic E-state index is 11.5. The molecule has 0 aliphatic rings. The summed E-state index contributed by atoms with van der Waals surface area (Å²) >= 11 is 0. The van der Waals surface area contributed by atoms with Crippen LogP contribution in [0.4, 0.5) is 0 Å². The van der Waals surface area contributed by atoms with E-state index in [1.54, 1.807) is 19.1 Å². The summed E-state index contributed by atoms with van der Waals surface area (Å²) in [7, 11) is 0. The highest BCUT2D eigenvalue weighted by Gasteiger charge is 2.10. The van der Waals surface area contributed by atoms with Gasteiger partial charge in [0.25, 0.3) is 0 Å². The Morgan fingerprint density at radius 1 is 0.465 bits per heavy atom. The van der Waals surface area contributed by atoms with Crippen LogP contribution in [-0.4, -0.2) is 5.78 Å². The molecular weight excluding hydrogens is 536 g/mol. The quantitative estimate of drug-likeness (QED) is 0.132. The molecule has 0 amide bonds. The lowest BCUT2D eigenvalue weighted by Gasteiger charge is -2.15. The molecule has 0 saturated carbocycles. The molecule has 218 valence electrons. The van der Waals surface area contributed by atoms with Crippen molar-refractivity contribution in [1.82, 2.24) is 0 Å². The Morgan fingerprint density at radius 3 is 1.37 bits per heavy atom. The van der Waals surface area contributed by atoms with E-state index in [1.807, 2.05) is 54.6 Å². The lowest BCUT2D eigenvalue weighted by atomic mass is 10.1. The minimum absolute atomic E-state index is 0.0375. The molecule has 0 radical (unpaired) electrons. The predicted octanol–water partition coefficient (Wildman–Crippen LogP) is 8.82. The smallest absolute Gasteiger partial charge is 0.162 e. The highest BCUT2D eigenvalue weighted by molar-refractivity contribution is 5.94. The van der Waals surface area contributed by atoms with Crippen LogP contribution in [0.25, 0.3) is 0 Å². The van der Waals surface area contributed by atoms with Crippen LogP contribution in [0.15, 0.2) is 115 Å². The van der Waals surface area contributed by atoms with Crippen LogP contribution in [0.2, 0.25) is 0 Å². The first kappa shape index (κ1) is 29.5. The van der Waals surface area contributed by atoms with Crippen molar-refractivity contribution in [3.63, 3.8) is 0 Å². The van der Waals surface area contributed by atoms with E-state index in [0.717, 1.165) is 33.8 Å². The third-order valence-electron chi connectivity index (χ3n) is 7.03. The highest BCUT2D eigenvalue weighted by Crippen LogP contribution is 2.31. The van der Waals surface area contributed by atoms with Crippen LogP contribution in [0.5, 0.6) is 23.0 Å². The van der Waals surface area contributed by atoms with Gasteiger partial charge in [-0.2, -0.15) is 0 Å². The molecule has 0 spiro atoms. The fourth-order valence-electron chi connectivity index (χ4n) is 4.37. The van der Waals surface area contributed by atoms with Crippen LogP contribution in [0, 0.1) is 13.8 Å². The summed E-state index contributed by atoms with van der Waals surface area (Å²) in [5, 5.41) is 0. The SMILES string of the molecule is CC(=O)c1ccc(OCc2ccc(OCc3ccc(OCc4ccc(C)cc4)c(OCc4ccc(C)cc4)c3)cc2)cc1. The highest BCUT2D eigenvalue weighted by atomic mass is 16.5. The molecule has 5 aromatic rings. The van der Waals surface area contributed by atoms with E-state index in [1.165, 1.54) is 11.1 Å². The van der Waals surface area contributed by atoms with Gasteiger partial charge < -0.3 is 18.9 Å². The molecule has 0 aliphatic carbocycles. The van der Waals surface area contributed by atoms with Gasteiger partial charge in [-0.1, -0.05) is 77.9 Å². The number of hydrogen-bond acceptors (Lipinski definition) is 5. The van der Waals surface area contributed by atoms with Gasteiger partial charge in [0.1, 0.15) is 37.9 Å². The molecule has 5 heteroatoms. The lowest BCUT2D eigenvalue weighted by molar-refractivity contribution is 0.101. The van der Waals surface area contributed by atoms with E-state index in [-0.39, 0.29) is 5.78 Å². The van der Waals surface area contributed by atoms with Crippen molar-refractivity contribution in [2.45, 2.75) is 47.2 Å². The Labute approximate surface area is 253 Å². The topological polar surface area (TPSA) is 54.0 Å². The molecule has 0 bridgehead atoms. The lowest BCUT2D eigenvalue weighted by Crippen LogP contribution is -2.03. The zero-order chi connectivity index (χ0) is 30.0. The normalized spacial score (nSPS) is 10.7. The summed E-state index contributed by atoms with van der Waals surface area (Å²) in [5.41, 5.74) is 7.29. The molecule has 0 heterocycles. The van der Waals surface area contributed by atoms with E-state index in [9.17, 15) is 4.79 Å². The largest absolute Gasteiger partial charge is 0.489 e. The Morgan fingerprint density at radius 2 is 0.860 bits per heavy atom. The van der Waals surface area contributed by atoms with Crippen molar-refractivity contribution in [3.8, 4) is 23.0 Å². The molecule has 0 saturated heterocycles. The fraction of sp³-hybridized carbons (Fsp3) is 0.184. The van der Waals surface area contributed by atoms with Crippen molar-refractivity contribution >= 4 is 5.78 Å². The summed E-state index contributed by atoms with van der Waals surface area (Å²) < 4.78 is 24.4. The molecule has 5 aromatic carbocycles. The summed E-state index contributed by atoms with van der Waals surface area (Å²) in [5.74, 6) is 2.89. The summed E-state index contributed by atoms with van der Waals surface area (Å²) in [6.07, 6.45) is 0.